The van der Waals surface area contributed by atoms with E-state index in [0.29, 0.717) is 11.5 Å². The van der Waals surface area contributed by atoms with Crippen molar-refractivity contribution in [2.45, 2.75) is 46.8 Å². The summed E-state index contributed by atoms with van der Waals surface area (Å²) in [6.07, 6.45) is -0.604. The van der Waals surface area contributed by atoms with Crippen LogP contribution in [0.4, 0.5) is 0 Å². The molecule has 0 spiro atoms. The van der Waals surface area contributed by atoms with E-state index in [-0.39, 0.29) is 11.9 Å². The van der Waals surface area contributed by atoms with Crippen molar-refractivity contribution in [2.24, 2.45) is 0 Å². The fourth-order valence-electron chi connectivity index (χ4n) is 2.90. The highest BCUT2D eigenvalue weighted by Crippen LogP contribution is 2.30. The van der Waals surface area contributed by atoms with Crippen molar-refractivity contribution < 1.29 is 19.0 Å². The molecule has 0 saturated heterocycles. The minimum atomic E-state index is -0.604. The standard InChI is InChI=1S/C22H29NO4/c1-13-10-14(2)15(3)20(11-13)27-17(5)22(24)23-16(4)18-8-9-19(25-6)21(12-18)26-7/h8-12,16-17H,1-7H3,(H,23,24)/t16-,17+/m1/s1. The first-order valence-electron chi connectivity index (χ1n) is 9.03. The molecule has 0 radical (unpaired) electrons. The zero-order valence-electron chi connectivity index (χ0n) is 17.2. The largest absolute Gasteiger partial charge is 0.493 e. The maximum Gasteiger partial charge on any atom is 0.261 e. The van der Waals surface area contributed by atoms with E-state index in [9.17, 15) is 4.79 Å². The molecule has 146 valence electrons. The normalized spacial score (nSPS) is 12.9. The highest BCUT2D eigenvalue weighted by molar-refractivity contribution is 5.81. The molecule has 0 aliphatic rings. The van der Waals surface area contributed by atoms with Gasteiger partial charge in [-0.1, -0.05) is 12.1 Å². The number of methoxy groups -OCH3 is 2. The number of hydrogen-bond donors (Lipinski definition) is 1. The average Bonchev–Trinajstić information content (AvgIpc) is 2.64. The molecular weight excluding hydrogens is 342 g/mol. The lowest BCUT2D eigenvalue weighted by Gasteiger charge is -2.21. The zero-order chi connectivity index (χ0) is 20.1. The van der Waals surface area contributed by atoms with Crippen LogP contribution in [0.15, 0.2) is 30.3 Å². The predicted octanol–water partition coefficient (Wildman–Crippen LogP) is 4.27. The smallest absolute Gasteiger partial charge is 0.261 e. The maximum absolute atomic E-state index is 12.6. The van der Waals surface area contributed by atoms with E-state index in [1.54, 1.807) is 21.1 Å². The molecule has 0 aromatic heterocycles. The van der Waals surface area contributed by atoms with Crippen LogP contribution < -0.4 is 19.5 Å². The molecule has 0 bridgehead atoms. The molecule has 0 aliphatic carbocycles. The molecule has 5 heteroatoms. The first-order valence-corrected chi connectivity index (χ1v) is 9.03. The molecule has 1 amide bonds. The van der Waals surface area contributed by atoms with Gasteiger partial charge in [-0.2, -0.15) is 0 Å². The fourth-order valence-corrected chi connectivity index (χ4v) is 2.90. The molecule has 2 atom stereocenters. The average molecular weight is 371 g/mol. The molecule has 0 unspecified atom stereocenters. The summed E-state index contributed by atoms with van der Waals surface area (Å²) in [5, 5.41) is 2.99. The Hall–Kier alpha value is -2.69. The van der Waals surface area contributed by atoms with Crippen LogP contribution in [0.25, 0.3) is 0 Å². The van der Waals surface area contributed by atoms with Crippen LogP contribution in [0.1, 0.15) is 42.1 Å². The number of hydrogen-bond acceptors (Lipinski definition) is 4. The number of amides is 1. The van der Waals surface area contributed by atoms with Crippen LogP contribution in [0.3, 0.4) is 0 Å². The van der Waals surface area contributed by atoms with Gasteiger partial charge in [-0.25, -0.2) is 0 Å². The molecule has 5 nitrogen and oxygen atoms in total. The first-order chi connectivity index (χ1) is 12.8. The SMILES string of the molecule is COc1ccc([C@@H](C)NC(=O)[C@H](C)Oc2cc(C)cc(C)c2C)cc1OC. The van der Waals surface area contributed by atoms with Crippen LogP contribution in [0.5, 0.6) is 17.2 Å². The van der Waals surface area contributed by atoms with Crippen LogP contribution in [0, 0.1) is 20.8 Å². The summed E-state index contributed by atoms with van der Waals surface area (Å²) >= 11 is 0. The van der Waals surface area contributed by atoms with E-state index < -0.39 is 6.10 Å². The lowest BCUT2D eigenvalue weighted by molar-refractivity contribution is -0.127. The van der Waals surface area contributed by atoms with Crippen molar-refractivity contribution in [2.75, 3.05) is 14.2 Å². The third-order valence-electron chi connectivity index (χ3n) is 4.70. The van der Waals surface area contributed by atoms with Gasteiger partial charge in [0.1, 0.15) is 5.75 Å². The minimum Gasteiger partial charge on any atom is -0.493 e. The quantitative estimate of drug-likeness (QED) is 0.789. The molecule has 27 heavy (non-hydrogen) atoms. The number of rotatable bonds is 7. The van der Waals surface area contributed by atoms with E-state index in [0.717, 1.165) is 28.0 Å². The third-order valence-corrected chi connectivity index (χ3v) is 4.70. The van der Waals surface area contributed by atoms with Crippen LogP contribution >= 0.6 is 0 Å². The zero-order valence-corrected chi connectivity index (χ0v) is 17.2. The third kappa shape index (κ3) is 4.94. The van der Waals surface area contributed by atoms with E-state index in [4.69, 9.17) is 14.2 Å². The topological polar surface area (TPSA) is 56.8 Å². The predicted molar refractivity (Wildman–Crippen MR) is 107 cm³/mol. The Bertz CT molecular complexity index is 816. The number of ether oxygens (including phenoxy) is 3. The van der Waals surface area contributed by atoms with Crippen LogP contribution in [-0.4, -0.2) is 26.2 Å². The fraction of sp³-hybridized carbons (Fsp3) is 0.409. The van der Waals surface area contributed by atoms with Crippen molar-refractivity contribution in [3.8, 4) is 17.2 Å². The van der Waals surface area contributed by atoms with Crippen molar-refractivity contribution >= 4 is 5.91 Å². The van der Waals surface area contributed by atoms with Gasteiger partial charge >= 0.3 is 0 Å². The van der Waals surface area contributed by atoms with E-state index in [1.165, 1.54) is 0 Å². The van der Waals surface area contributed by atoms with Gasteiger partial charge in [0.2, 0.25) is 0 Å². The van der Waals surface area contributed by atoms with E-state index in [2.05, 4.69) is 11.4 Å². The first kappa shape index (κ1) is 20.6. The van der Waals surface area contributed by atoms with Crippen LogP contribution in [-0.2, 0) is 4.79 Å². The minimum absolute atomic E-state index is 0.171. The summed E-state index contributed by atoms with van der Waals surface area (Å²) in [5.41, 5.74) is 4.24. The second-order valence-electron chi connectivity index (χ2n) is 6.81. The second kappa shape index (κ2) is 8.80. The molecule has 2 rings (SSSR count). The van der Waals surface area contributed by atoms with Crippen molar-refractivity contribution in [3.63, 3.8) is 0 Å². The molecule has 0 heterocycles. The Labute approximate surface area is 161 Å². The van der Waals surface area contributed by atoms with Gasteiger partial charge in [0.25, 0.3) is 5.91 Å². The summed E-state index contributed by atoms with van der Waals surface area (Å²) in [6, 6.07) is 9.48. The van der Waals surface area contributed by atoms with Gasteiger partial charge in [0.05, 0.1) is 20.3 Å². The number of carbonyl (C=O) groups is 1. The highest BCUT2D eigenvalue weighted by atomic mass is 16.5. The summed E-state index contributed by atoms with van der Waals surface area (Å²) in [6.45, 7) is 9.74. The van der Waals surface area contributed by atoms with Gasteiger partial charge in [0.15, 0.2) is 17.6 Å². The van der Waals surface area contributed by atoms with Crippen molar-refractivity contribution in [3.05, 3.63) is 52.6 Å². The number of benzene rings is 2. The molecular formula is C22H29NO4. The van der Waals surface area contributed by atoms with Crippen molar-refractivity contribution in [1.82, 2.24) is 5.32 Å². The number of aryl methyl sites for hydroxylation is 2. The molecule has 0 fully saturated rings. The van der Waals surface area contributed by atoms with Gasteiger partial charge in [0, 0.05) is 0 Å². The number of nitrogens with one attached hydrogen (secondary N) is 1. The summed E-state index contributed by atoms with van der Waals surface area (Å²) in [7, 11) is 3.18. The summed E-state index contributed by atoms with van der Waals surface area (Å²) < 4.78 is 16.5. The second-order valence-corrected chi connectivity index (χ2v) is 6.81. The van der Waals surface area contributed by atoms with Gasteiger partial charge in [-0.15, -0.1) is 0 Å². The lowest BCUT2D eigenvalue weighted by atomic mass is 10.1. The van der Waals surface area contributed by atoms with E-state index >= 15 is 0 Å². The Morgan fingerprint density at radius 3 is 2.22 bits per heavy atom. The summed E-state index contributed by atoms with van der Waals surface area (Å²) in [4.78, 5) is 12.6. The maximum atomic E-state index is 12.6. The van der Waals surface area contributed by atoms with Gasteiger partial charge < -0.3 is 19.5 Å². The highest BCUT2D eigenvalue weighted by Gasteiger charge is 2.20. The van der Waals surface area contributed by atoms with Crippen molar-refractivity contribution in [1.29, 1.82) is 0 Å². The molecule has 0 aliphatic heterocycles. The monoisotopic (exact) mass is 371 g/mol. The molecule has 2 aromatic carbocycles. The molecule has 2 aromatic rings. The van der Waals surface area contributed by atoms with Gasteiger partial charge in [-0.05, 0) is 75.1 Å². The van der Waals surface area contributed by atoms with Gasteiger partial charge in [-0.3, -0.25) is 4.79 Å². The Balaban J connectivity index is 2.08. The Morgan fingerprint density at radius 1 is 0.926 bits per heavy atom. The molecule has 1 N–H and O–H groups in total. The van der Waals surface area contributed by atoms with Crippen LogP contribution in [0.2, 0.25) is 0 Å². The summed E-state index contributed by atoms with van der Waals surface area (Å²) in [5.74, 6) is 1.86. The lowest BCUT2D eigenvalue weighted by Crippen LogP contribution is -2.37. The number of carbonyl (C=O) groups excluding carboxylic acids is 1. The molecule has 0 saturated carbocycles. The Morgan fingerprint density at radius 2 is 1.59 bits per heavy atom. The van der Waals surface area contributed by atoms with E-state index in [1.807, 2.05) is 52.0 Å². The Kier molecular flexibility index (Phi) is 6.72.